The molecule has 1 unspecified atom stereocenters. The number of benzene rings is 1. The Morgan fingerprint density at radius 2 is 1.84 bits per heavy atom. The molecule has 2 N–H and O–H groups in total. The number of aliphatic hydroxyl groups is 1. The number of carbonyl (C=O) groups is 1. The van der Waals surface area contributed by atoms with E-state index in [0.29, 0.717) is 6.42 Å². The molecule has 1 amide bonds. The first-order valence-corrected chi connectivity index (χ1v) is 11.3. The first-order valence-electron chi connectivity index (χ1n) is 11.3. The average Bonchev–Trinajstić information content (AvgIpc) is 3.18. The molecule has 7 nitrogen and oxygen atoms in total. The van der Waals surface area contributed by atoms with Gasteiger partial charge in [0, 0.05) is 18.1 Å². The number of nitrogens with zero attached hydrogens (tertiary/aromatic N) is 4. The Kier molecular flexibility index (Phi) is 9.71. The number of carbonyl (C=O) groups excluding carboxylic acids is 1. The van der Waals surface area contributed by atoms with Crippen LogP contribution in [0.1, 0.15) is 63.9 Å². The van der Waals surface area contributed by atoms with Crippen molar-refractivity contribution in [2.24, 2.45) is 0 Å². The average molecular weight is 453 g/mol. The Morgan fingerprint density at radius 1 is 1.16 bits per heavy atom. The first-order chi connectivity index (χ1) is 15.1. The van der Waals surface area contributed by atoms with Crippen molar-refractivity contribution in [3.63, 3.8) is 0 Å². The summed E-state index contributed by atoms with van der Waals surface area (Å²) in [7, 11) is 3.44. The zero-order valence-electron chi connectivity index (χ0n) is 19.4. The molecule has 0 aliphatic carbocycles. The Labute approximate surface area is 189 Å². The summed E-state index contributed by atoms with van der Waals surface area (Å²) in [6, 6.07) is 3.06. The van der Waals surface area contributed by atoms with Gasteiger partial charge < -0.3 is 5.11 Å². The number of aromatic nitrogens is 3. The summed E-state index contributed by atoms with van der Waals surface area (Å²) in [6.07, 6.45) is 10.9. The maximum atomic E-state index is 14.6. The summed E-state index contributed by atoms with van der Waals surface area (Å²) in [5.74, 6) is -1.72. The predicted octanol–water partition coefficient (Wildman–Crippen LogP) is 3.69. The highest BCUT2D eigenvalue weighted by molar-refractivity contribution is 5.74. The minimum Gasteiger partial charge on any atom is -0.377 e. The predicted molar refractivity (Wildman–Crippen MR) is 118 cm³/mol. The third-order valence-corrected chi connectivity index (χ3v) is 5.41. The van der Waals surface area contributed by atoms with Crippen LogP contribution in [0.25, 0.3) is 0 Å². The Bertz CT molecular complexity index is 845. The fourth-order valence-electron chi connectivity index (χ4n) is 4.00. The van der Waals surface area contributed by atoms with Crippen LogP contribution < -0.4 is 5.43 Å². The van der Waals surface area contributed by atoms with E-state index in [0.717, 1.165) is 31.4 Å². The molecule has 9 heteroatoms. The number of hydrogen-bond donors (Lipinski definition) is 2. The fraction of sp³-hybridized carbons (Fsp3) is 0.609. The maximum absolute atomic E-state index is 14.6. The highest BCUT2D eigenvalue weighted by Gasteiger charge is 2.41. The maximum Gasteiger partial charge on any atom is 0.264 e. The zero-order valence-corrected chi connectivity index (χ0v) is 19.4. The van der Waals surface area contributed by atoms with Gasteiger partial charge in [-0.15, -0.1) is 0 Å². The molecule has 0 aliphatic heterocycles. The number of quaternary nitrogens is 1. The third-order valence-electron chi connectivity index (χ3n) is 5.41. The van der Waals surface area contributed by atoms with Gasteiger partial charge in [0.15, 0.2) is 5.60 Å². The number of amides is 1. The highest BCUT2D eigenvalue weighted by atomic mass is 19.1. The van der Waals surface area contributed by atoms with E-state index in [1.165, 1.54) is 49.1 Å². The van der Waals surface area contributed by atoms with E-state index < -0.39 is 17.2 Å². The Morgan fingerprint density at radius 3 is 2.47 bits per heavy atom. The molecule has 0 saturated heterocycles. The van der Waals surface area contributed by atoms with Crippen molar-refractivity contribution in [1.82, 2.24) is 20.2 Å². The minimum atomic E-state index is -1.76. The number of rotatable bonds is 14. The SMILES string of the molecule is CCCCCCCCCC(=O)N[N+](C)(C)CC(O)(Cn1cncn1)c1ccc(F)cc1F. The lowest BCUT2D eigenvalue weighted by Gasteiger charge is -2.37. The third kappa shape index (κ3) is 8.27. The second kappa shape index (κ2) is 12.0. The molecule has 1 aromatic heterocycles. The molecule has 0 bridgehead atoms. The fourth-order valence-corrected chi connectivity index (χ4v) is 4.00. The van der Waals surface area contributed by atoms with Gasteiger partial charge in [-0.1, -0.05) is 45.4 Å². The number of hydrogen-bond acceptors (Lipinski definition) is 4. The van der Waals surface area contributed by atoms with Gasteiger partial charge in [-0.05, 0) is 18.6 Å². The lowest BCUT2D eigenvalue weighted by atomic mass is 9.92. The van der Waals surface area contributed by atoms with E-state index in [4.69, 9.17) is 0 Å². The molecule has 0 saturated carbocycles. The van der Waals surface area contributed by atoms with Crippen molar-refractivity contribution in [1.29, 1.82) is 0 Å². The Hall–Kier alpha value is -2.39. The lowest BCUT2D eigenvalue weighted by Crippen LogP contribution is -2.60. The Balaban J connectivity index is 2.01. The van der Waals surface area contributed by atoms with E-state index >= 15 is 0 Å². The number of nitrogens with one attached hydrogen (secondary N) is 1. The van der Waals surface area contributed by atoms with Gasteiger partial charge in [-0.2, -0.15) is 5.10 Å². The molecule has 0 radical (unpaired) electrons. The number of likely N-dealkylation sites (N-methyl/N-ethyl adjacent to an activating group) is 1. The molecular weight excluding hydrogens is 416 g/mol. The normalized spacial score (nSPS) is 13.7. The van der Waals surface area contributed by atoms with Gasteiger partial charge in [0.05, 0.1) is 20.6 Å². The molecule has 0 aliphatic rings. The monoisotopic (exact) mass is 452 g/mol. The summed E-state index contributed by atoms with van der Waals surface area (Å²) in [5.41, 5.74) is 1.07. The van der Waals surface area contributed by atoms with Crippen molar-refractivity contribution in [3.8, 4) is 0 Å². The van der Waals surface area contributed by atoms with Gasteiger partial charge in [0.1, 0.15) is 30.8 Å². The van der Waals surface area contributed by atoms with Gasteiger partial charge in [-0.25, -0.2) is 28.5 Å². The summed E-state index contributed by atoms with van der Waals surface area (Å²) < 4.78 is 29.3. The zero-order chi connectivity index (χ0) is 23.6. The van der Waals surface area contributed by atoms with E-state index in [-0.39, 0.29) is 29.2 Å². The quantitative estimate of drug-likeness (QED) is 0.260. The van der Waals surface area contributed by atoms with Crippen LogP contribution in [0.2, 0.25) is 0 Å². The van der Waals surface area contributed by atoms with Gasteiger partial charge in [0.25, 0.3) is 5.91 Å². The summed E-state index contributed by atoms with van der Waals surface area (Å²) >= 11 is 0. The van der Waals surface area contributed by atoms with E-state index in [9.17, 15) is 18.7 Å². The van der Waals surface area contributed by atoms with Crippen LogP contribution in [0.5, 0.6) is 0 Å². The molecule has 0 spiro atoms. The van der Waals surface area contributed by atoms with Crippen LogP contribution in [0.3, 0.4) is 0 Å². The van der Waals surface area contributed by atoms with Crippen molar-refractivity contribution in [2.45, 2.75) is 70.4 Å². The van der Waals surface area contributed by atoms with Crippen LogP contribution in [-0.4, -0.2) is 51.0 Å². The van der Waals surface area contributed by atoms with Crippen LogP contribution in [-0.2, 0) is 16.9 Å². The molecule has 32 heavy (non-hydrogen) atoms. The second-order valence-corrected chi connectivity index (χ2v) is 9.00. The topological polar surface area (TPSA) is 80.0 Å². The van der Waals surface area contributed by atoms with Crippen LogP contribution in [0.15, 0.2) is 30.9 Å². The first kappa shape index (κ1) is 25.9. The minimum absolute atomic E-state index is 0.0574. The summed E-state index contributed by atoms with van der Waals surface area (Å²) in [5, 5.41) is 15.5. The van der Waals surface area contributed by atoms with Crippen molar-refractivity contribution >= 4 is 5.91 Å². The van der Waals surface area contributed by atoms with Crippen molar-refractivity contribution < 1.29 is 23.3 Å². The number of unbranched alkanes of at least 4 members (excludes halogenated alkanes) is 6. The molecule has 0 fully saturated rings. The van der Waals surface area contributed by atoms with Gasteiger partial charge in [-0.3, -0.25) is 4.79 Å². The molecule has 1 heterocycles. The lowest BCUT2D eigenvalue weighted by molar-refractivity contribution is -0.932. The van der Waals surface area contributed by atoms with E-state index in [2.05, 4.69) is 22.4 Å². The molecule has 2 aromatic rings. The van der Waals surface area contributed by atoms with Gasteiger partial charge in [0.2, 0.25) is 0 Å². The van der Waals surface area contributed by atoms with Crippen LogP contribution in [0, 0.1) is 11.6 Å². The van der Waals surface area contributed by atoms with E-state index in [1.54, 1.807) is 14.1 Å². The molecule has 2 rings (SSSR count). The van der Waals surface area contributed by atoms with Crippen LogP contribution in [0.4, 0.5) is 8.78 Å². The molecule has 178 valence electrons. The van der Waals surface area contributed by atoms with Crippen molar-refractivity contribution in [2.75, 3.05) is 20.6 Å². The summed E-state index contributed by atoms with van der Waals surface area (Å²) in [6.45, 7) is 2.02. The second-order valence-electron chi connectivity index (χ2n) is 9.00. The summed E-state index contributed by atoms with van der Waals surface area (Å²) in [4.78, 5) is 16.3. The number of halogens is 2. The van der Waals surface area contributed by atoms with Gasteiger partial charge >= 0.3 is 0 Å². The molecular formula is C23H36F2N5O2+. The molecule has 1 aromatic carbocycles. The largest absolute Gasteiger partial charge is 0.377 e. The standard InChI is InChI=1S/C23H35F2N5O2/c1-4-5-6-7-8-9-10-11-22(31)28-30(2,3)16-23(32,15-29-18-26-17-27-29)20-13-12-19(24)14-21(20)25/h12-14,17-18,32H,4-11,15-16H2,1-3H3/p+1. The smallest absolute Gasteiger partial charge is 0.264 e. The molecule has 1 atom stereocenters. The van der Waals surface area contributed by atoms with Crippen molar-refractivity contribution in [3.05, 3.63) is 48.1 Å². The highest BCUT2D eigenvalue weighted by Crippen LogP contribution is 2.28. The van der Waals surface area contributed by atoms with Crippen LogP contribution >= 0.6 is 0 Å². The van der Waals surface area contributed by atoms with E-state index in [1.807, 2.05) is 0 Å².